The number of carbonyl (C=O) groups is 1. The van der Waals surface area contributed by atoms with E-state index in [1.165, 1.54) is 0 Å². The van der Waals surface area contributed by atoms with Gasteiger partial charge in [0, 0.05) is 58.6 Å². The van der Waals surface area contributed by atoms with Gasteiger partial charge in [0.25, 0.3) is 0 Å². The highest BCUT2D eigenvalue weighted by molar-refractivity contribution is 6.36. The van der Waals surface area contributed by atoms with Crippen LogP contribution in [0.25, 0.3) is 16.7 Å². The molecule has 0 saturated carbocycles. The quantitative estimate of drug-likeness (QED) is 0.315. The van der Waals surface area contributed by atoms with E-state index in [1.54, 1.807) is 24.3 Å². The van der Waals surface area contributed by atoms with Gasteiger partial charge in [-0.15, -0.1) is 0 Å². The summed E-state index contributed by atoms with van der Waals surface area (Å²) in [6, 6.07) is 12.6. The maximum absolute atomic E-state index is 12.5. The minimum Gasteiger partial charge on any atom is -0.478 e. The highest BCUT2D eigenvalue weighted by Gasteiger charge is 2.26. The molecule has 5 nitrogen and oxygen atoms in total. The SMILES string of the molecule is O=C(O)c1ccc2c(c1-c1ccc(Cl)cc1Cl)CCCC=C2c1ccc(O[C@H]2CCN(CCCF)C2)nc1. The van der Waals surface area contributed by atoms with Crippen LogP contribution in [0, 0.1) is 0 Å². The molecule has 0 radical (unpaired) electrons. The van der Waals surface area contributed by atoms with Crippen LogP contribution in [0.1, 0.15) is 52.7 Å². The number of allylic oxidation sites excluding steroid dienone is 1. The van der Waals surface area contributed by atoms with Crippen LogP contribution in [0.2, 0.25) is 10.0 Å². The van der Waals surface area contributed by atoms with Gasteiger partial charge >= 0.3 is 5.97 Å². The maximum Gasteiger partial charge on any atom is 0.336 e. The highest BCUT2D eigenvalue weighted by Crippen LogP contribution is 2.41. The minimum atomic E-state index is -0.998. The van der Waals surface area contributed by atoms with Gasteiger partial charge in [0.05, 0.1) is 12.2 Å². The number of aromatic nitrogens is 1. The number of rotatable bonds is 8. The molecule has 0 spiro atoms. The third-order valence-electron chi connectivity index (χ3n) is 7.19. The molecule has 1 N–H and O–H groups in total. The van der Waals surface area contributed by atoms with E-state index in [0.717, 1.165) is 67.6 Å². The number of alkyl halides is 1. The number of ether oxygens (including phenoxy) is 1. The number of pyridine rings is 1. The Morgan fingerprint density at radius 2 is 2.00 bits per heavy atom. The molecule has 0 bridgehead atoms. The van der Waals surface area contributed by atoms with Gasteiger partial charge in [0.2, 0.25) is 5.88 Å². The van der Waals surface area contributed by atoms with Crippen molar-refractivity contribution < 1.29 is 19.0 Å². The van der Waals surface area contributed by atoms with E-state index < -0.39 is 5.97 Å². The van der Waals surface area contributed by atoms with Crippen molar-refractivity contribution >= 4 is 34.7 Å². The number of fused-ring (bicyclic) bond motifs is 1. The molecule has 3 aromatic rings. The molecule has 38 heavy (non-hydrogen) atoms. The lowest BCUT2D eigenvalue weighted by molar-refractivity contribution is 0.0697. The molecule has 2 aromatic carbocycles. The first kappa shape index (κ1) is 26.7. The second-order valence-electron chi connectivity index (χ2n) is 9.71. The van der Waals surface area contributed by atoms with Gasteiger partial charge in [-0.2, -0.15) is 0 Å². The normalized spacial score (nSPS) is 17.6. The number of nitrogens with zero attached hydrogens (tertiary/aromatic N) is 2. The van der Waals surface area contributed by atoms with Gasteiger partial charge in [0.15, 0.2) is 0 Å². The molecular formula is C30H29Cl2FN2O3. The number of aromatic carboxylic acids is 1. The third-order valence-corrected chi connectivity index (χ3v) is 7.73. The summed E-state index contributed by atoms with van der Waals surface area (Å²) in [6.07, 6.45) is 7.96. The number of carboxylic acids is 1. The summed E-state index contributed by atoms with van der Waals surface area (Å²) in [5.41, 5.74) is 5.39. The Balaban J connectivity index is 1.45. The average Bonchev–Trinajstić information content (AvgIpc) is 3.23. The standard InChI is InChI=1S/C30H29Cl2FN2O3/c31-20-7-8-25(27(32)16-20)29-24-5-2-1-4-22(23(24)9-10-26(29)30(36)37)19-6-11-28(34-17-19)38-21-12-15-35(18-21)14-3-13-33/h4,6-11,16-17,21H,1-3,5,12-15,18H2,(H,36,37)/t21-/m0/s1. The van der Waals surface area contributed by atoms with Crippen LogP contribution < -0.4 is 4.74 Å². The number of likely N-dealkylation sites (tertiary alicyclic amines) is 1. The van der Waals surface area contributed by atoms with Crippen molar-refractivity contribution in [3.05, 3.63) is 87.0 Å². The van der Waals surface area contributed by atoms with Crippen LogP contribution in [-0.2, 0) is 6.42 Å². The lowest BCUT2D eigenvalue weighted by Crippen LogP contribution is -2.26. The zero-order valence-electron chi connectivity index (χ0n) is 20.9. The number of benzene rings is 2. The van der Waals surface area contributed by atoms with E-state index in [2.05, 4.69) is 16.0 Å². The molecule has 0 unspecified atom stereocenters. The summed E-state index contributed by atoms with van der Waals surface area (Å²) in [7, 11) is 0. The Morgan fingerprint density at radius 1 is 1.16 bits per heavy atom. The lowest BCUT2D eigenvalue weighted by atomic mass is 9.85. The maximum atomic E-state index is 12.5. The molecule has 5 rings (SSSR count). The van der Waals surface area contributed by atoms with E-state index in [9.17, 15) is 14.3 Å². The van der Waals surface area contributed by atoms with Crippen molar-refractivity contribution in [3.63, 3.8) is 0 Å². The molecule has 1 aromatic heterocycles. The molecule has 1 saturated heterocycles. The molecule has 1 fully saturated rings. The number of halogens is 3. The van der Waals surface area contributed by atoms with Crippen LogP contribution in [0.5, 0.6) is 5.88 Å². The monoisotopic (exact) mass is 554 g/mol. The van der Waals surface area contributed by atoms with Crippen LogP contribution >= 0.6 is 23.2 Å². The van der Waals surface area contributed by atoms with Crippen molar-refractivity contribution in [2.75, 3.05) is 26.3 Å². The van der Waals surface area contributed by atoms with E-state index in [-0.39, 0.29) is 18.3 Å². The Morgan fingerprint density at radius 3 is 2.74 bits per heavy atom. The Bertz CT molecular complexity index is 1360. The molecular weight excluding hydrogens is 526 g/mol. The Hall–Kier alpha value is -2.93. The molecule has 2 aliphatic rings. The first-order chi connectivity index (χ1) is 18.4. The smallest absolute Gasteiger partial charge is 0.336 e. The first-order valence-electron chi connectivity index (χ1n) is 12.9. The largest absolute Gasteiger partial charge is 0.478 e. The van der Waals surface area contributed by atoms with Crippen molar-refractivity contribution in [1.29, 1.82) is 0 Å². The van der Waals surface area contributed by atoms with Gasteiger partial charge in [-0.1, -0.05) is 41.4 Å². The van der Waals surface area contributed by atoms with Gasteiger partial charge in [-0.05, 0) is 73.1 Å². The fraction of sp³-hybridized carbons (Fsp3) is 0.333. The van der Waals surface area contributed by atoms with Gasteiger partial charge in [-0.3, -0.25) is 9.29 Å². The zero-order chi connectivity index (χ0) is 26.6. The second-order valence-corrected chi connectivity index (χ2v) is 10.6. The number of carboxylic acid groups (broad SMARTS) is 1. The molecule has 0 amide bonds. The fourth-order valence-electron chi connectivity index (χ4n) is 5.41. The fourth-order valence-corrected chi connectivity index (χ4v) is 5.91. The summed E-state index contributed by atoms with van der Waals surface area (Å²) in [5, 5.41) is 10.9. The minimum absolute atomic E-state index is 0.0481. The molecule has 198 valence electrons. The summed E-state index contributed by atoms with van der Waals surface area (Å²) >= 11 is 12.7. The summed E-state index contributed by atoms with van der Waals surface area (Å²) < 4.78 is 18.6. The third kappa shape index (κ3) is 5.73. The van der Waals surface area contributed by atoms with Crippen LogP contribution in [0.15, 0.2) is 54.7 Å². The van der Waals surface area contributed by atoms with E-state index >= 15 is 0 Å². The predicted molar refractivity (Wildman–Crippen MR) is 149 cm³/mol. The first-order valence-corrected chi connectivity index (χ1v) is 13.7. The van der Waals surface area contributed by atoms with Crippen LogP contribution in [0.4, 0.5) is 4.39 Å². The van der Waals surface area contributed by atoms with E-state index in [0.29, 0.717) is 33.5 Å². The molecule has 2 heterocycles. The second kappa shape index (κ2) is 11.9. The Kier molecular flexibility index (Phi) is 8.32. The summed E-state index contributed by atoms with van der Waals surface area (Å²) in [4.78, 5) is 19.0. The zero-order valence-corrected chi connectivity index (χ0v) is 22.4. The van der Waals surface area contributed by atoms with Gasteiger partial charge in [-0.25, -0.2) is 9.78 Å². The van der Waals surface area contributed by atoms with Crippen molar-refractivity contribution in [2.45, 2.75) is 38.2 Å². The highest BCUT2D eigenvalue weighted by atomic mass is 35.5. The van der Waals surface area contributed by atoms with Crippen molar-refractivity contribution in [3.8, 4) is 17.0 Å². The molecule has 8 heteroatoms. The molecule has 1 aliphatic carbocycles. The van der Waals surface area contributed by atoms with E-state index in [1.807, 2.05) is 24.4 Å². The van der Waals surface area contributed by atoms with Crippen LogP contribution in [-0.4, -0.2) is 53.4 Å². The van der Waals surface area contributed by atoms with E-state index in [4.69, 9.17) is 27.9 Å². The lowest BCUT2D eigenvalue weighted by Gasteiger charge is -2.19. The predicted octanol–water partition coefficient (Wildman–Crippen LogP) is 7.33. The Labute approximate surface area is 231 Å². The van der Waals surface area contributed by atoms with Crippen molar-refractivity contribution in [1.82, 2.24) is 9.88 Å². The topological polar surface area (TPSA) is 62.7 Å². The van der Waals surface area contributed by atoms with Crippen molar-refractivity contribution in [2.24, 2.45) is 0 Å². The molecule has 1 aliphatic heterocycles. The average molecular weight is 555 g/mol. The van der Waals surface area contributed by atoms with Crippen LogP contribution in [0.3, 0.4) is 0 Å². The number of hydrogen-bond donors (Lipinski definition) is 1. The van der Waals surface area contributed by atoms with Gasteiger partial charge < -0.3 is 9.84 Å². The summed E-state index contributed by atoms with van der Waals surface area (Å²) in [5.74, 6) is -0.433. The summed E-state index contributed by atoms with van der Waals surface area (Å²) in [6.45, 7) is 2.15. The number of hydrogen-bond acceptors (Lipinski definition) is 4. The van der Waals surface area contributed by atoms with Gasteiger partial charge in [0.1, 0.15) is 6.10 Å². The molecule has 1 atom stereocenters.